The molecule has 0 aromatic heterocycles. The second kappa shape index (κ2) is 6.03. The van der Waals surface area contributed by atoms with Crippen molar-refractivity contribution in [1.29, 1.82) is 0 Å². The van der Waals surface area contributed by atoms with Crippen LogP contribution in [0.4, 0.5) is 0 Å². The van der Waals surface area contributed by atoms with Crippen molar-refractivity contribution in [2.24, 2.45) is 0 Å². The lowest BCUT2D eigenvalue weighted by Gasteiger charge is -2.26. The van der Waals surface area contributed by atoms with E-state index in [-0.39, 0.29) is 12.2 Å². The Morgan fingerprint density at radius 2 is 1.90 bits per heavy atom. The molecule has 0 saturated heterocycles. The standard InChI is InChI=1S/C15H18O6/c1-5-10(16)11-6-8-9(15(17)21-11)7-12(18-2)14(20-4)13(8)19-3/h7,11H,5-6H2,1-4H3. The minimum absolute atomic E-state index is 0.120. The second-order valence-corrected chi connectivity index (χ2v) is 4.59. The second-order valence-electron chi connectivity index (χ2n) is 4.59. The van der Waals surface area contributed by atoms with E-state index in [1.807, 2.05) is 0 Å². The highest BCUT2D eigenvalue weighted by Crippen LogP contribution is 2.44. The largest absolute Gasteiger partial charge is 0.493 e. The Labute approximate surface area is 122 Å². The van der Waals surface area contributed by atoms with E-state index in [1.54, 1.807) is 13.0 Å². The molecule has 0 spiro atoms. The molecule has 1 unspecified atom stereocenters. The molecule has 0 aliphatic carbocycles. The van der Waals surface area contributed by atoms with Gasteiger partial charge in [0.25, 0.3) is 0 Å². The van der Waals surface area contributed by atoms with Gasteiger partial charge in [-0.2, -0.15) is 0 Å². The lowest BCUT2D eigenvalue weighted by Crippen LogP contribution is -2.34. The van der Waals surface area contributed by atoms with E-state index >= 15 is 0 Å². The molecule has 1 atom stereocenters. The molecule has 0 saturated carbocycles. The Morgan fingerprint density at radius 3 is 2.43 bits per heavy atom. The summed E-state index contributed by atoms with van der Waals surface area (Å²) in [5.74, 6) is 0.506. The molecule has 1 aliphatic heterocycles. The highest BCUT2D eigenvalue weighted by Gasteiger charge is 2.35. The van der Waals surface area contributed by atoms with Crippen LogP contribution in [0.2, 0.25) is 0 Å². The summed E-state index contributed by atoms with van der Waals surface area (Å²) in [6.07, 6.45) is -0.192. The topological polar surface area (TPSA) is 71.1 Å². The quantitative estimate of drug-likeness (QED) is 0.771. The Balaban J connectivity index is 2.58. The fourth-order valence-corrected chi connectivity index (χ4v) is 2.43. The van der Waals surface area contributed by atoms with Gasteiger partial charge in [-0.15, -0.1) is 0 Å². The molecule has 0 N–H and O–H groups in total. The Morgan fingerprint density at radius 1 is 1.24 bits per heavy atom. The van der Waals surface area contributed by atoms with E-state index in [1.165, 1.54) is 21.3 Å². The summed E-state index contributed by atoms with van der Waals surface area (Å²) >= 11 is 0. The Kier molecular flexibility index (Phi) is 4.35. The lowest BCUT2D eigenvalue weighted by atomic mass is 9.94. The first-order chi connectivity index (χ1) is 10.1. The molecule has 6 heteroatoms. The molecular weight excluding hydrogens is 276 g/mol. The van der Waals surface area contributed by atoms with Crippen LogP contribution in [0.15, 0.2) is 6.07 Å². The highest BCUT2D eigenvalue weighted by molar-refractivity contribution is 5.98. The average Bonchev–Trinajstić information content (AvgIpc) is 2.51. The maximum absolute atomic E-state index is 12.1. The maximum Gasteiger partial charge on any atom is 0.339 e. The molecule has 2 rings (SSSR count). The van der Waals surface area contributed by atoms with Crippen LogP contribution >= 0.6 is 0 Å². The summed E-state index contributed by atoms with van der Waals surface area (Å²) in [5.41, 5.74) is 0.947. The lowest BCUT2D eigenvalue weighted by molar-refractivity contribution is -0.127. The van der Waals surface area contributed by atoms with Gasteiger partial charge in [0.15, 0.2) is 23.4 Å². The number of esters is 1. The van der Waals surface area contributed by atoms with Crippen molar-refractivity contribution in [3.8, 4) is 17.2 Å². The number of carbonyl (C=O) groups is 2. The molecule has 0 fully saturated rings. The SMILES string of the molecule is CCC(=O)C1Cc2c(cc(OC)c(OC)c2OC)C(=O)O1. The first-order valence-corrected chi connectivity index (χ1v) is 6.62. The number of ketones is 1. The first-order valence-electron chi connectivity index (χ1n) is 6.62. The number of ether oxygens (including phenoxy) is 4. The van der Waals surface area contributed by atoms with Gasteiger partial charge in [0.05, 0.1) is 26.9 Å². The minimum atomic E-state index is -0.776. The molecule has 114 valence electrons. The monoisotopic (exact) mass is 294 g/mol. The smallest absolute Gasteiger partial charge is 0.339 e. The summed E-state index contributed by atoms with van der Waals surface area (Å²) in [7, 11) is 4.44. The average molecular weight is 294 g/mol. The van der Waals surface area contributed by atoms with Crippen LogP contribution < -0.4 is 14.2 Å². The van der Waals surface area contributed by atoms with Crippen molar-refractivity contribution in [1.82, 2.24) is 0 Å². The van der Waals surface area contributed by atoms with Crippen molar-refractivity contribution >= 4 is 11.8 Å². The third-order valence-corrected chi connectivity index (χ3v) is 3.50. The zero-order valence-electron chi connectivity index (χ0n) is 12.5. The number of Topliss-reactive ketones (excluding diaryl/α,β-unsaturated/α-hetero) is 1. The molecular formula is C15H18O6. The summed E-state index contributed by atoms with van der Waals surface area (Å²) < 4.78 is 21.1. The Hall–Kier alpha value is -2.24. The third-order valence-electron chi connectivity index (χ3n) is 3.50. The van der Waals surface area contributed by atoms with Gasteiger partial charge < -0.3 is 18.9 Å². The normalized spacial score (nSPS) is 16.8. The van der Waals surface area contributed by atoms with E-state index in [2.05, 4.69) is 0 Å². The van der Waals surface area contributed by atoms with Crippen molar-refractivity contribution in [2.75, 3.05) is 21.3 Å². The number of hydrogen-bond acceptors (Lipinski definition) is 6. The number of methoxy groups -OCH3 is 3. The number of carbonyl (C=O) groups excluding carboxylic acids is 2. The zero-order chi connectivity index (χ0) is 15.6. The fourth-order valence-electron chi connectivity index (χ4n) is 2.43. The van der Waals surface area contributed by atoms with Crippen LogP contribution in [0.5, 0.6) is 17.2 Å². The van der Waals surface area contributed by atoms with Crippen LogP contribution in [0.1, 0.15) is 29.3 Å². The van der Waals surface area contributed by atoms with Gasteiger partial charge in [0, 0.05) is 18.4 Å². The summed E-state index contributed by atoms with van der Waals surface area (Å²) in [6.45, 7) is 1.73. The predicted molar refractivity (Wildman–Crippen MR) is 74.3 cm³/mol. The van der Waals surface area contributed by atoms with Crippen molar-refractivity contribution in [3.05, 3.63) is 17.2 Å². The first kappa shape index (κ1) is 15.2. The van der Waals surface area contributed by atoms with Crippen molar-refractivity contribution in [3.63, 3.8) is 0 Å². The molecule has 1 aromatic carbocycles. The van der Waals surface area contributed by atoms with E-state index in [0.717, 1.165) is 0 Å². The van der Waals surface area contributed by atoms with Gasteiger partial charge in [-0.25, -0.2) is 4.79 Å². The molecule has 1 heterocycles. The van der Waals surface area contributed by atoms with Gasteiger partial charge >= 0.3 is 5.97 Å². The fraction of sp³-hybridized carbons (Fsp3) is 0.467. The number of benzene rings is 1. The predicted octanol–water partition coefficient (Wildman–Crippen LogP) is 1.77. The van der Waals surface area contributed by atoms with E-state index in [4.69, 9.17) is 18.9 Å². The maximum atomic E-state index is 12.1. The molecule has 0 radical (unpaired) electrons. The van der Waals surface area contributed by atoms with E-state index in [9.17, 15) is 9.59 Å². The van der Waals surface area contributed by atoms with Crippen LogP contribution in [-0.2, 0) is 16.0 Å². The van der Waals surface area contributed by atoms with Gasteiger partial charge in [0.1, 0.15) is 0 Å². The van der Waals surface area contributed by atoms with E-state index < -0.39 is 12.1 Å². The third kappa shape index (κ3) is 2.53. The zero-order valence-corrected chi connectivity index (χ0v) is 12.5. The van der Waals surface area contributed by atoms with Crippen LogP contribution in [0.25, 0.3) is 0 Å². The van der Waals surface area contributed by atoms with Gasteiger partial charge in [0.2, 0.25) is 5.75 Å². The van der Waals surface area contributed by atoms with Crippen molar-refractivity contribution < 1.29 is 28.5 Å². The summed E-state index contributed by atoms with van der Waals surface area (Å²) in [4.78, 5) is 24.0. The summed E-state index contributed by atoms with van der Waals surface area (Å²) in [5, 5.41) is 0. The van der Waals surface area contributed by atoms with Crippen LogP contribution in [-0.4, -0.2) is 39.2 Å². The number of rotatable bonds is 5. The molecule has 21 heavy (non-hydrogen) atoms. The van der Waals surface area contributed by atoms with Gasteiger partial charge in [-0.1, -0.05) is 6.92 Å². The van der Waals surface area contributed by atoms with Crippen molar-refractivity contribution in [2.45, 2.75) is 25.9 Å². The molecule has 1 aliphatic rings. The molecule has 1 aromatic rings. The molecule has 6 nitrogen and oxygen atoms in total. The number of hydrogen-bond donors (Lipinski definition) is 0. The molecule has 0 bridgehead atoms. The molecule has 0 amide bonds. The van der Waals surface area contributed by atoms with Gasteiger partial charge in [-0.3, -0.25) is 4.79 Å². The van der Waals surface area contributed by atoms with Crippen LogP contribution in [0.3, 0.4) is 0 Å². The van der Waals surface area contributed by atoms with Crippen LogP contribution in [0, 0.1) is 0 Å². The Bertz CT molecular complexity index is 578. The van der Waals surface area contributed by atoms with Gasteiger partial charge in [-0.05, 0) is 6.07 Å². The van der Waals surface area contributed by atoms with E-state index in [0.29, 0.717) is 34.8 Å². The number of cyclic esters (lactones) is 1. The summed E-state index contributed by atoms with van der Waals surface area (Å²) in [6, 6.07) is 1.55. The minimum Gasteiger partial charge on any atom is -0.493 e. The highest BCUT2D eigenvalue weighted by atomic mass is 16.6. The number of fused-ring (bicyclic) bond motifs is 1.